The summed E-state index contributed by atoms with van der Waals surface area (Å²) < 4.78 is 18.9. The molecule has 1 aromatic carbocycles. The number of aryl methyl sites for hydroxylation is 1. The first-order valence-electron chi connectivity index (χ1n) is 5.99. The summed E-state index contributed by atoms with van der Waals surface area (Å²) in [5.74, 6) is 0.377. The number of nitrogens with zero attached hydrogens (tertiary/aromatic N) is 2. The smallest absolute Gasteiger partial charge is 0.130 e. The third kappa shape index (κ3) is 3.29. The van der Waals surface area contributed by atoms with Crippen molar-refractivity contribution in [3.8, 4) is 11.8 Å². The molecule has 0 unspecified atom stereocenters. The minimum absolute atomic E-state index is 0.223. The van der Waals surface area contributed by atoms with Crippen LogP contribution >= 0.6 is 0 Å². The van der Waals surface area contributed by atoms with Crippen molar-refractivity contribution in [1.29, 1.82) is 5.26 Å². The van der Waals surface area contributed by atoms with Crippen LogP contribution in [-0.4, -0.2) is 4.98 Å². The molecule has 0 saturated heterocycles. The van der Waals surface area contributed by atoms with Gasteiger partial charge in [-0.25, -0.2) is 4.39 Å². The summed E-state index contributed by atoms with van der Waals surface area (Å²) in [6.45, 7) is 2.14. The second-order valence-corrected chi connectivity index (χ2v) is 4.04. The molecule has 0 aliphatic heterocycles. The molecule has 0 radical (unpaired) electrons. The lowest BCUT2D eigenvalue weighted by molar-refractivity contribution is 0.300. The van der Waals surface area contributed by atoms with Crippen molar-refractivity contribution >= 4 is 0 Å². The van der Waals surface area contributed by atoms with E-state index in [1.165, 1.54) is 6.07 Å². The molecule has 1 aromatic heterocycles. The fourth-order valence-electron chi connectivity index (χ4n) is 1.70. The Morgan fingerprint density at radius 1 is 1.32 bits per heavy atom. The number of halogens is 1. The fraction of sp³-hybridized carbons (Fsp3) is 0.200. The molecule has 0 fully saturated rings. The number of ether oxygens (including phenoxy) is 1. The average molecular weight is 256 g/mol. The van der Waals surface area contributed by atoms with Gasteiger partial charge in [0.15, 0.2) is 0 Å². The molecule has 0 bridgehead atoms. The Kier molecular flexibility index (Phi) is 4.09. The summed E-state index contributed by atoms with van der Waals surface area (Å²) in [5.41, 5.74) is 1.83. The van der Waals surface area contributed by atoms with Gasteiger partial charge in [0.25, 0.3) is 0 Å². The highest BCUT2D eigenvalue weighted by molar-refractivity contribution is 5.31. The minimum Gasteiger partial charge on any atom is -0.487 e. The van der Waals surface area contributed by atoms with Gasteiger partial charge in [0, 0.05) is 6.20 Å². The lowest BCUT2D eigenvalue weighted by Crippen LogP contribution is -1.99. The summed E-state index contributed by atoms with van der Waals surface area (Å²) in [6.07, 6.45) is 2.19. The Morgan fingerprint density at radius 3 is 2.89 bits per heavy atom. The highest BCUT2D eigenvalue weighted by Crippen LogP contribution is 2.18. The van der Waals surface area contributed by atoms with E-state index in [1.54, 1.807) is 30.5 Å². The van der Waals surface area contributed by atoms with Gasteiger partial charge >= 0.3 is 0 Å². The first kappa shape index (κ1) is 13.0. The maximum Gasteiger partial charge on any atom is 0.130 e. The SMILES string of the molecule is CCc1cc(OCc2cc(C#N)ccn2)ccc1F. The molecule has 0 aliphatic carbocycles. The number of rotatable bonds is 4. The molecular weight excluding hydrogens is 243 g/mol. The van der Waals surface area contributed by atoms with Gasteiger partial charge in [0.2, 0.25) is 0 Å². The largest absolute Gasteiger partial charge is 0.487 e. The Morgan fingerprint density at radius 2 is 2.16 bits per heavy atom. The monoisotopic (exact) mass is 256 g/mol. The predicted octanol–water partition coefficient (Wildman–Crippen LogP) is 3.23. The zero-order chi connectivity index (χ0) is 13.7. The molecule has 0 amide bonds. The first-order chi connectivity index (χ1) is 9.22. The molecule has 19 heavy (non-hydrogen) atoms. The zero-order valence-electron chi connectivity index (χ0n) is 10.6. The summed E-state index contributed by atoms with van der Waals surface area (Å²) in [6, 6.07) is 10.0. The van der Waals surface area contributed by atoms with E-state index in [0.717, 1.165) is 0 Å². The molecule has 0 atom stereocenters. The van der Waals surface area contributed by atoms with Crippen LogP contribution in [0.4, 0.5) is 4.39 Å². The van der Waals surface area contributed by atoms with E-state index in [4.69, 9.17) is 10.00 Å². The topological polar surface area (TPSA) is 45.9 Å². The standard InChI is InChI=1S/C15H13FN2O/c1-2-12-8-14(3-4-15(12)16)19-10-13-7-11(9-17)5-6-18-13/h3-8H,2,10H2,1H3. The normalized spacial score (nSPS) is 9.95. The second kappa shape index (κ2) is 5.96. The van der Waals surface area contributed by atoms with Gasteiger partial charge < -0.3 is 4.74 Å². The Hall–Kier alpha value is -2.41. The maximum absolute atomic E-state index is 13.3. The Bertz CT molecular complexity index is 620. The molecule has 2 aromatic rings. The lowest BCUT2D eigenvalue weighted by atomic mass is 10.1. The summed E-state index contributed by atoms with van der Waals surface area (Å²) in [4.78, 5) is 4.11. The van der Waals surface area contributed by atoms with Crippen LogP contribution in [0.2, 0.25) is 0 Å². The fourth-order valence-corrected chi connectivity index (χ4v) is 1.70. The van der Waals surface area contributed by atoms with E-state index in [9.17, 15) is 4.39 Å². The Balaban J connectivity index is 2.08. The van der Waals surface area contributed by atoms with Crippen LogP contribution in [0.3, 0.4) is 0 Å². The number of hydrogen-bond donors (Lipinski definition) is 0. The highest BCUT2D eigenvalue weighted by atomic mass is 19.1. The quantitative estimate of drug-likeness (QED) is 0.843. The van der Waals surface area contributed by atoms with Crippen molar-refractivity contribution in [2.24, 2.45) is 0 Å². The molecule has 0 spiro atoms. The second-order valence-electron chi connectivity index (χ2n) is 4.04. The molecule has 96 valence electrons. The van der Waals surface area contributed by atoms with E-state index < -0.39 is 0 Å². The van der Waals surface area contributed by atoms with Gasteiger partial charge in [-0.05, 0) is 42.3 Å². The summed E-state index contributed by atoms with van der Waals surface area (Å²) >= 11 is 0. The van der Waals surface area contributed by atoms with E-state index in [0.29, 0.717) is 29.0 Å². The lowest BCUT2D eigenvalue weighted by Gasteiger charge is -2.08. The molecule has 0 N–H and O–H groups in total. The molecule has 1 heterocycles. The molecule has 0 aliphatic rings. The number of benzene rings is 1. The maximum atomic E-state index is 13.3. The molecule has 2 rings (SSSR count). The number of pyridine rings is 1. The summed E-state index contributed by atoms with van der Waals surface area (Å²) in [5, 5.41) is 8.79. The van der Waals surface area contributed by atoms with Crippen molar-refractivity contribution in [2.75, 3.05) is 0 Å². The molecule has 4 heteroatoms. The Labute approximate surface area is 111 Å². The average Bonchev–Trinajstić information content (AvgIpc) is 2.46. The van der Waals surface area contributed by atoms with Gasteiger partial charge in [-0.1, -0.05) is 6.92 Å². The van der Waals surface area contributed by atoms with Crippen LogP contribution in [0.25, 0.3) is 0 Å². The van der Waals surface area contributed by atoms with Crippen molar-refractivity contribution in [3.05, 3.63) is 59.2 Å². The third-order valence-corrected chi connectivity index (χ3v) is 2.73. The van der Waals surface area contributed by atoms with Crippen molar-refractivity contribution in [1.82, 2.24) is 4.98 Å². The number of nitriles is 1. The summed E-state index contributed by atoms with van der Waals surface area (Å²) in [7, 11) is 0. The van der Waals surface area contributed by atoms with Crippen molar-refractivity contribution < 1.29 is 9.13 Å². The highest BCUT2D eigenvalue weighted by Gasteiger charge is 2.03. The van der Waals surface area contributed by atoms with Gasteiger partial charge in [0.1, 0.15) is 18.2 Å². The zero-order valence-corrected chi connectivity index (χ0v) is 10.6. The van der Waals surface area contributed by atoms with Gasteiger partial charge in [-0.15, -0.1) is 0 Å². The number of aromatic nitrogens is 1. The predicted molar refractivity (Wildman–Crippen MR) is 69.1 cm³/mol. The van der Waals surface area contributed by atoms with E-state index in [-0.39, 0.29) is 12.4 Å². The van der Waals surface area contributed by atoms with Gasteiger partial charge in [-0.3, -0.25) is 4.98 Å². The van der Waals surface area contributed by atoms with Crippen LogP contribution in [-0.2, 0) is 13.0 Å². The molecule has 3 nitrogen and oxygen atoms in total. The third-order valence-electron chi connectivity index (χ3n) is 2.73. The van der Waals surface area contributed by atoms with Crippen LogP contribution in [0.15, 0.2) is 36.5 Å². The van der Waals surface area contributed by atoms with E-state index in [1.807, 2.05) is 13.0 Å². The van der Waals surface area contributed by atoms with Crippen LogP contribution in [0.5, 0.6) is 5.75 Å². The first-order valence-corrected chi connectivity index (χ1v) is 5.99. The van der Waals surface area contributed by atoms with Gasteiger partial charge in [-0.2, -0.15) is 5.26 Å². The van der Waals surface area contributed by atoms with E-state index >= 15 is 0 Å². The van der Waals surface area contributed by atoms with Crippen molar-refractivity contribution in [3.63, 3.8) is 0 Å². The minimum atomic E-state index is -0.223. The number of hydrogen-bond acceptors (Lipinski definition) is 3. The van der Waals surface area contributed by atoms with Crippen LogP contribution in [0, 0.1) is 17.1 Å². The van der Waals surface area contributed by atoms with E-state index in [2.05, 4.69) is 4.98 Å². The molecule has 0 saturated carbocycles. The molecular formula is C15H13FN2O. The van der Waals surface area contributed by atoms with Crippen LogP contribution in [0.1, 0.15) is 23.7 Å². The van der Waals surface area contributed by atoms with Crippen LogP contribution < -0.4 is 4.74 Å². The van der Waals surface area contributed by atoms with Crippen molar-refractivity contribution in [2.45, 2.75) is 20.0 Å². The van der Waals surface area contributed by atoms with Gasteiger partial charge in [0.05, 0.1) is 17.3 Å².